The van der Waals surface area contributed by atoms with Gasteiger partial charge in [0.1, 0.15) is 5.75 Å². The predicted octanol–water partition coefficient (Wildman–Crippen LogP) is 3.08. The van der Waals surface area contributed by atoms with Crippen molar-refractivity contribution in [1.82, 2.24) is 0 Å². The minimum atomic E-state index is 0.649. The van der Waals surface area contributed by atoms with E-state index in [1.165, 1.54) is 12.8 Å². The Morgan fingerprint density at radius 1 is 1.29 bits per heavy atom. The van der Waals surface area contributed by atoms with Gasteiger partial charge in [0.05, 0.1) is 6.61 Å². The van der Waals surface area contributed by atoms with Gasteiger partial charge >= 0.3 is 0 Å². The molecule has 1 aromatic carbocycles. The summed E-state index contributed by atoms with van der Waals surface area (Å²) in [5, 5.41) is 0. The first-order chi connectivity index (χ1) is 6.76. The van der Waals surface area contributed by atoms with Crippen LogP contribution in [0.15, 0.2) is 24.3 Å². The fourth-order valence-electron chi connectivity index (χ4n) is 1.34. The van der Waals surface area contributed by atoms with Crippen molar-refractivity contribution in [2.75, 3.05) is 12.3 Å². The van der Waals surface area contributed by atoms with E-state index < -0.39 is 0 Å². The van der Waals surface area contributed by atoms with E-state index in [4.69, 9.17) is 10.5 Å². The molecule has 0 aliphatic heterocycles. The standard InChI is InChI=1S/C12H19NO/c1-3-10(4-2)9-14-12-7-5-6-11(13)8-12/h5-8,10H,3-4,9,13H2,1-2H3. The average molecular weight is 193 g/mol. The number of anilines is 1. The lowest BCUT2D eigenvalue weighted by molar-refractivity contribution is 0.240. The molecule has 2 heteroatoms. The van der Waals surface area contributed by atoms with Crippen LogP contribution in [-0.2, 0) is 0 Å². The molecular weight excluding hydrogens is 174 g/mol. The van der Waals surface area contributed by atoms with E-state index in [0.29, 0.717) is 5.92 Å². The SMILES string of the molecule is CCC(CC)COc1cccc(N)c1. The summed E-state index contributed by atoms with van der Waals surface area (Å²) in [5.41, 5.74) is 6.41. The number of nitrogens with two attached hydrogens (primary N) is 1. The third-order valence-electron chi connectivity index (χ3n) is 2.50. The monoisotopic (exact) mass is 193 g/mol. The number of benzene rings is 1. The molecule has 0 saturated heterocycles. The Bertz CT molecular complexity index is 269. The van der Waals surface area contributed by atoms with Gasteiger partial charge in [-0.15, -0.1) is 0 Å². The highest BCUT2D eigenvalue weighted by molar-refractivity contribution is 5.43. The molecule has 0 aliphatic rings. The molecule has 0 heterocycles. The molecule has 0 aliphatic carbocycles. The Morgan fingerprint density at radius 2 is 2.00 bits per heavy atom. The van der Waals surface area contributed by atoms with Crippen molar-refractivity contribution in [2.45, 2.75) is 26.7 Å². The molecule has 0 amide bonds. The van der Waals surface area contributed by atoms with Crippen LogP contribution in [0.5, 0.6) is 5.75 Å². The van der Waals surface area contributed by atoms with Crippen LogP contribution >= 0.6 is 0 Å². The van der Waals surface area contributed by atoms with Gasteiger partial charge < -0.3 is 10.5 Å². The van der Waals surface area contributed by atoms with Crippen LogP contribution in [-0.4, -0.2) is 6.61 Å². The van der Waals surface area contributed by atoms with Crippen molar-refractivity contribution in [3.05, 3.63) is 24.3 Å². The van der Waals surface area contributed by atoms with Crippen LogP contribution in [0.25, 0.3) is 0 Å². The molecule has 78 valence electrons. The molecule has 1 aromatic rings. The summed E-state index contributed by atoms with van der Waals surface area (Å²) in [4.78, 5) is 0. The maximum Gasteiger partial charge on any atom is 0.121 e. The van der Waals surface area contributed by atoms with Crippen molar-refractivity contribution >= 4 is 5.69 Å². The molecule has 1 rings (SSSR count). The lowest BCUT2D eigenvalue weighted by Gasteiger charge is -2.13. The largest absolute Gasteiger partial charge is 0.493 e. The molecule has 2 N–H and O–H groups in total. The summed E-state index contributed by atoms with van der Waals surface area (Å²) in [6.45, 7) is 5.17. The summed E-state index contributed by atoms with van der Waals surface area (Å²) in [6.07, 6.45) is 2.33. The van der Waals surface area contributed by atoms with Crippen molar-refractivity contribution in [1.29, 1.82) is 0 Å². The lowest BCUT2D eigenvalue weighted by Crippen LogP contribution is -2.10. The minimum Gasteiger partial charge on any atom is -0.493 e. The summed E-state index contributed by atoms with van der Waals surface area (Å²) in [5.74, 6) is 1.52. The quantitative estimate of drug-likeness (QED) is 0.729. The molecular formula is C12H19NO. The Morgan fingerprint density at radius 3 is 2.57 bits per heavy atom. The summed E-state index contributed by atoms with van der Waals surface area (Å²) in [7, 11) is 0. The lowest BCUT2D eigenvalue weighted by atomic mass is 10.1. The second-order valence-corrected chi connectivity index (χ2v) is 3.57. The van der Waals surface area contributed by atoms with Crippen molar-refractivity contribution < 1.29 is 4.74 Å². The molecule has 0 radical (unpaired) electrons. The fraction of sp³-hybridized carbons (Fsp3) is 0.500. The van der Waals surface area contributed by atoms with Gasteiger partial charge in [-0.3, -0.25) is 0 Å². The van der Waals surface area contributed by atoms with E-state index in [2.05, 4.69) is 13.8 Å². The van der Waals surface area contributed by atoms with Crippen LogP contribution in [0.4, 0.5) is 5.69 Å². The zero-order chi connectivity index (χ0) is 10.4. The van der Waals surface area contributed by atoms with E-state index in [0.717, 1.165) is 18.0 Å². The zero-order valence-corrected chi connectivity index (χ0v) is 8.99. The number of nitrogen functional groups attached to an aromatic ring is 1. The van der Waals surface area contributed by atoms with Crippen molar-refractivity contribution in [2.24, 2.45) is 5.92 Å². The third kappa shape index (κ3) is 3.29. The summed E-state index contributed by atoms with van der Waals surface area (Å²) < 4.78 is 5.65. The minimum absolute atomic E-state index is 0.649. The van der Waals surface area contributed by atoms with Crippen LogP contribution in [0.3, 0.4) is 0 Å². The van der Waals surface area contributed by atoms with Crippen LogP contribution < -0.4 is 10.5 Å². The number of ether oxygens (including phenoxy) is 1. The number of rotatable bonds is 5. The predicted molar refractivity (Wildman–Crippen MR) is 60.4 cm³/mol. The second kappa shape index (κ2) is 5.53. The van der Waals surface area contributed by atoms with E-state index >= 15 is 0 Å². The van der Waals surface area contributed by atoms with Crippen molar-refractivity contribution in [3.63, 3.8) is 0 Å². The molecule has 0 fully saturated rings. The first-order valence-electron chi connectivity index (χ1n) is 5.24. The van der Waals surface area contributed by atoms with Gasteiger partial charge in [-0.25, -0.2) is 0 Å². The van der Waals surface area contributed by atoms with E-state index in [9.17, 15) is 0 Å². The molecule has 14 heavy (non-hydrogen) atoms. The molecule has 0 spiro atoms. The molecule has 0 unspecified atom stereocenters. The molecule has 0 bridgehead atoms. The average Bonchev–Trinajstić information content (AvgIpc) is 2.19. The van der Waals surface area contributed by atoms with E-state index in [1.54, 1.807) is 0 Å². The van der Waals surface area contributed by atoms with E-state index in [1.807, 2.05) is 24.3 Å². The highest BCUT2D eigenvalue weighted by Gasteiger charge is 2.03. The highest BCUT2D eigenvalue weighted by atomic mass is 16.5. The summed E-state index contributed by atoms with van der Waals surface area (Å²) in [6, 6.07) is 7.59. The molecule has 0 atom stereocenters. The van der Waals surface area contributed by atoms with Crippen LogP contribution in [0.2, 0.25) is 0 Å². The maximum atomic E-state index is 5.65. The number of hydrogen-bond donors (Lipinski definition) is 1. The molecule has 2 nitrogen and oxygen atoms in total. The maximum absolute atomic E-state index is 5.65. The van der Waals surface area contributed by atoms with Gasteiger partial charge in [-0.2, -0.15) is 0 Å². The van der Waals surface area contributed by atoms with Gasteiger partial charge in [-0.1, -0.05) is 32.8 Å². The second-order valence-electron chi connectivity index (χ2n) is 3.57. The number of hydrogen-bond acceptors (Lipinski definition) is 2. The summed E-state index contributed by atoms with van der Waals surface area (Å²) >= 11 is 0. The first-order valence-corrected chi connectivity index (χ1v) is 5.24. The normalized spacial score (nSPS) is 10.5. The van der Waals surface area contributed by atoms with Gasteiger partial charge in [-0.05, 0) is 18.1 Å². The van der Waals surface area contributed by atoms with Gasteiger partial charge in [0.15, 0.2) is 0 Å². The van der Waals surface area contributed by atoms with Crippen LogP contribution in [0, 0.1) is 5.92 Å². The zero-order valence-electron chi connectivity index (χ0n) is 8.99. The van der Waals surface area contributed by atoms with Gasteiger partial charge in [0.25, 0.3) is 0 Å². The molecule has 0 saturated carbocycles. The Balaban J connectivity index is 2.44. The Kier molecular flexibility index (Phi) is 4.30. The van der Waals surface area contributed by atoms with Crippen molar-refractivity contribution in [3.8, 4) is 5.75 Å². The Labute approximate surface area is 86.1 Å². The third-order valence-corrected chi connectivity index (χ3v) is 2.50. The van der Waals surface area contributed by atoms with Crippen LogP contribution in [0.1, 0.15) is 26.7 Å². The molecule has 0 aromatic heterocycles. The van der Waals surface area contributed by atoms with Gasteiger partial charge in [0, 0.05) is 11.8 Å². The topological polar surface area (TPSA) is 35.2 Å². The first kappa shape index (κ1) is 10.9. The van der Waals surface area contributed by atoms with E-state index in [-0.39, 0.29) is 0 Å². The smallest absolute Gasteiger partial charge is 0.121 e. The highest BCUT2D eigenvalue weighted by Crippen LogP contribution is 2.16. The fourth-order valence-corrected chi connectivity index (χ4v) is 1.34. The Hall–Kier alpha value is -1.18. The van der Waals surface area contributed by atoms with Gasteiger partial charge in [0.2, 0.25) is 0 Å².